The lowest BCUT2D eigenvalue weighted by Crippen LogP contribution is -2.33. The SMILES string of the molecule is CC(C)c1c(C(=O)NCc2c(F)cccc2F)nc(-c2ccc(F)cc2)n1CC[C@@H]1C[C@@H](O)CC(=O)O1. The third-order valence-electron chi connectivity index (χ3n) is 6.27. The molecule has 2 heterocycles. The van der Waals surface area contributed by atoms with Crippen LogP contribution in [0.1, 0.15) is 60.8 Å². The van der Waals surface area contributed by atoms with Crippen molar-refractivity contribution in [2.24, 2.45) is 0 Å². The van der Waals surface area contributed by atoms with Crippen LogP contribution in [0.3, 0.4) is 0 Å². The van der Waals surface area contributed by atoms with Gasteiger partial charge in [0.15, 0.2) is 0 Å². The highest BCUT2D eigenvalue weighted by atomic mass is 19.1. The first-order valence-corrected chi connectivity index (χ1v) is 12.1. The summed E-state index contributed by atoms with van der Waals surface area (Å²) >= 11 is 0. The molecular weight excluding hydrogens is 487 g/mol. The monoisotopic (exact) mass is 515 g/mol. The highest BCUT2D eigenvalue weighted by molar-refractivity contribution is 5.94. The lowest BCUT2D eigenvalue weighted by molar-refractivity contribution is -0.160. The zero-order valence-electron chi connectivity index (χ0n) is 20.5. The van der Waals surface area contributed by atoms with Gasteiger partial charge in [0.05, 0.1) is 18.2 Å². The molecule has 7 nitrogen and oxygen atoms in total. The van der Waals surface area contributed by atoms with Crippen LogP contribution in [-0.4, -0.2) is 38.7 Å². The number of rotatable bonds is 8. The van der Waals surface area contributed by atoms with E-state index in [1.807, 2.05) is 18.4 Å². The average molecular weight is 516 g/mol. The van der Waals surface area contributed by atoms with Crippen molar-refractivity contribution in [3.05, 3.63) is 76.9 Å². The number of aliphatic hydroxyl groups excluding tert-OH is 1. The van der Waals surface area contributed by atoms with Crippen molar-refractivity contribution in [2.45, 2.75) is 64.3 Å². The third kappa shape index (κ3) is 6.02. The Morgan fingerprint density at radius 1 is 1.16 bits per heavy atom. The summed E-state index contributed by atoms with van der Waals surface area (Å²) in [4.78, 5) is 29.6. The van der Waals surface area contributed by atoms with Gasteiger partial charge in [-0.1, -0.05) is 19.9 Å². The Bertz CT molecular complexity index is 1270. The van der Waals surface area contributed by atoms with Crippen molar-refractivity contribution in [1.29, 1.82) is 0 Å². The average Bonchev–Trinajstić information content (AvgIpc) is 3.22. The van der Waals surface area contributed by atoms with Crippen LogP contribution in [-0.2, 0) is 22.6 Å². The molecule has 1 amide bonds. The molecule has 0 bridgehead atoms. The lowest BCUT2D eigenvalue weighted by atomic mass is 10.0. The van der Waals surface area contributed by atoms with Crippen LogP contribution in [0.25, 0.3) is 11.4 Å². The second kappa shape index (κ2) is 11.2. The van der Waals surface area contributed by atoms with Gasteiger partial charge in [0.1, 0.15) is 35.1 Å². The van der Waals surface area contributed by atoms with Crippen LogP contribution in [0.15, 0.2) is 42.5 Å². The van der Waals surface area contributed by atoms with Crippen LogP contribution in [0.4, 0.5) is 13.2 Å². The summed E-state index contributed by atoms with van der Waals surface area (Å²) in [7, 11) is 0. The van der Waals surface area contributed by atoms with Crippen LogP contribution >= 0.6 is 0 Å². The van der Waals surface area contributed by atoms with Crippen molar-refractivity contribution in [3.63, 3.8) is 0 Å². The third-order valence-corrected chi connectivity index (χ3v) is 6.27. The van der Waals surface area contributed by atoms with E-state index in [9.17, 15) is 27.9 Å². The Labute approximate surface area is 212 Å². The van der Waals surface area contributed by atoms with E-state index in [0.29, 0.717) is 36.5 Å². The Balaban J connectivity index is 1.67. The fourth-order valence-electron chi connectivity index (χ4n) is 4.53. The molecule has 4 rings (SSSR count). The highest BCUT2D eigenvalue weighted by Gasteiger charge is 2.29. The van der Waals surface area contributed by atoms with Gasteiger partial charge in [0.2, 0.25) is 0 Å². The minimum atomic E-state index is -0.782. The van der Waals surface area contributed by atoms with Gasteiger partial charge < -0.3 is 19.7 Å². The number of hydrogen-bond acceptors (Lipinski definition) is 5. The van der Waals surface area contributed by atoms with Crippen molar-refractivity contribution in [1.82, 2.24) is 14.9 Å². The fourth-order valence-corrected chi connectivity index (χ4v) is 4.53. The Morgan fingerprint density at radius 2 is 1.84 bits per heavy atom. The maximum atomic E-state index is 14.1. The van der Waals surface area contributed by atoms with E-state index < -0.39 is 41.5 Å². The van der Waals surface area contributed by atoms with Gasteiger partial charge in [-0.25, -0.2) is 18.2 Å². The molecule has 2 atom stereocenters. The molecule has 0 radical (unpaired) electrons. The van der Waals surface area contributed by atoms with Gasteiger partial charge >= 0.3 is 5.97 Å². The number of hydrogen-bond donors (Lipinski definition) is 2. The number of carbonyl (C=O) groups excluding carboxylic acids is 2. The van der Waals surface area contributed by atoms with E-state index in [1.165, 1.54) is 18.2 Å². The maximum Gasteiger partial charge on any atom is 0.308 e. The molecule has 1 fully saturated rings. The molecule has 2 aromatic carbocycles. The largest absolute Gasteiger partial charge is 0.462 e. The first-order chi connectivity index (χ1) is 17.6. The molecule has 0 aliphatic carbocycles. The smallest absolute Gasteiger partial charge is 0.308 e. The minimum Gasteiger partial charge on any atom is -0.462 e. The summed E-state index contributed by atoms with van der Waals surface area (Å²) in [5.41, 5.74) is 0.932. The zero-order chi connectivity index (χ0) is 26.7. The number of amides is 1. The van der Waals surface area contributed by atoms with Gasteiger partial charge in [-0.05, 0) is 42.3 Å². The molecule has 196 valence electrons. The molecule has 2 N–H and O–H groups in total. The molecule has 10 heteroatoms. The van der Waals surface area contributed by atoms with Gasteiger partial charge in [-0.2, -0.15) is 0 Å². The number of benzene rings is 2. The van der Waals surface area contributed by atoms with Crippen molar-refractivity contribution >= 4 is 11.9 Å². The number of aliphatic hydroxyl groups is 1. The maximum absolute atomic E-state index is 14.1. The minimum absolute atomic E-state index is 0.0490. The molecular formula is C27H28F3N3O4. The van der Waals surface area contributed by atoms with Gasteiger partial charge in [-0.15, -0.1) is 0 Å². The second-order valence-electron chi connectivity index (χ2n) is 9.36. The Kier molecular flexibility index (Phi) is 7.97. The molecule has 0 saturated carbocycles. The predicted molar refractivity (Wildman–Crippen MR) is 129 cm³/mol. The summed E-state index contributed by atoms with van der Waals surface area (Å²) in [5.74, 6) is -2.86. The number of cyclic esters (lactones) is 1. The number of imidazole rings is 1. The number of carbonyl (C=O) groups is 2. The first-order valence-electron chi connectivity index (χ1n) is 12.1. The van der Waals surface area contributed by atoms with Crippen LogP contribution < -0.4 is 5.32 Å². The standard InChI is InChI=1S/C27H28F3N3O4/c1-15(2)25-24(27(36)31-14-20-21(29)4-3-5-22(20)30)32-26(16-6-8-17(28)9-7-16)33(25)11-10-19-12-18(34)13-23(35)37-19/h3-9,15,18-19,34H,10-14H2,1-2H3,(H,31,36)/t18-,19-/m1/s1. The molecule has 37 heavy (non-hydrogen) atoms. The van der Waals surface area contributed by atoms with E-state index >= 15 is 0 Å². The van der Waals surface area contributed by atoms with Gasteiger partial charge in [0.25, 0.3) is 5.91 Å². The summed E-state index contributed by atoms with van der Waals surface area (Å²) in [6, 6.07) is 9.11. The number of nitrogens with one attached hydrogen (secondary N) is 1. The summed E-state index contributed by atoms with van der Waals surface area (Å²) in [6.45, 7) is 3.68. The molecule has 1 aliphatic heterocycles. The number of ether oxygens (including phenoxy) is 1. The molecule has 1 aliphatic rings. The Hall–Kier alpha value is -3.66. The molecule has 3 aromatic rings. The van der Waals surface area contributed by atoms with E-state index in [-0.39, 0.29) is 30.1 Å². The lowest BCUT2D eigenvalue weighted by Gasteiger charge is -2.26. The van der Waals surface area contributed by atoms with E-state index in [4.69, 9.17) is 4.74 Å². The van der Waals surface area contributed by atoms with Gasteiger partial charge in [0, 0.05) is 37.1 Å². The van der Waals surface area contributed by atoms with Gasteiger partial charge in [-0.3, -0.25) is 9.59 Å². The summed E-state index contributed by atoms with van der Waals surface area (Å²) in [6.07, 6.45) is -0.692. The Morgan fingerprint density at radius 3 is 2.46 bits per heavy atom. The number of nitrogens with zero attached hydrogens (tertiary/aromatic N) is 2. The topological polar surface area (TPSA) is 93.5 Å². The van der Waals surface area contributed by atoms with E-state index in [2.05, 4.69) is 10.3 Å². The quantitative estimate of drug-likeness (QED) is 0.432. The fraction of sp³-hybridized carbons (Fsp3) is 0.370. The van der Waals surface area contributed by atoms with Crippen molar-refractivity contribution < 1.29 is 32.6 Å². The second-order valence-corrected chi connectivity index (χ2v) is 9.36. The zero-order valence-corrected chi connectivity index (χ0v) is 20.5. The molecule has 0 unspecified atom stereocenters. The van der Waals surface area contributed by atoms with Crippen LogP contribution in [0, 0.1) is 17.5 Å². The number of aromatic nitrogens is 2. The molecule has 1 aromatic heterocycles. The first kappa shape index (κ1) is 26.4. The van der Waals surface area contributed by atoms with Crippen molar-refractivity contribution in [2.75, 3.05) is 0 Å². The number of esters is 1. The predicted octanol–water partition coefficient (Wildman–Crippen LogP) is 4.48. The summed E-state index contributed by atoms with van der Waals surface area (Å²) < 4.78 is 48.9. The highest BCUT2D eigenvalue weighted by Crippen LogP contribution is 2.30. The van der Waals surface area contributed by atoms with Crippen LogP contribution in [0.2, 0.25) is 0 Å². The molecule has 1 saturated heterocycles. The number of halogens is 3. The van der Waals surface area contributed by atoms with E-state index in [1.54, 1.807) is 12.1 Å². The van der Waals surface area contributed by atoms with Crippen molar-refractivity contribution in [3.8, 4) is 11.4 Å². The van der Waals surface area contributed by atoms with E-state index in [0.717, 1.165) is 12.1 Å². The molecule has 0 spiro atoms. The normalized spacial score (nSPS) is 17.6. The van der Waals surface area contributed by atoms with Crippen LogP contribution in [0.5, 0.6) is 0 Å². The summed E-state index contributed by atoms with van der Waals surface area (Å²) in [5, 5.41) is 12.5.